The number of benzene rings is 1. The molecule has 1 aromatic carbocycles. The Morgan fingerprint density at radius 1 is 1.23 bits per heavy atom. The molecule has 1 aliphatic rings. The Balaban J connectivity index is 0.00000117. The van der Waals surface area contributed by atoms with Gasteiger partial charge in [-0.3, -0.25) is 4.68 Å². The zero-order chi connectivity index (χ0) is 19.5. The first-order valence-corrected chi connectivity index (χ1v) is 9.40. The summed E-state index contributed by atoms with van der Waals surface area (Å²) in [7, 11) is 0. The number of amides is 1. The molecular formula is C20H28ClN3O2. The fourth-order valence-electron chi connectivity index (χ4n) is 2.77. The molecular weight excluding hydrogens is 350 g/mol. The Morgan fingerprint density at radius 2 is 1.88 bits per heavy atom. The molecule has 1 saturated heterocycles. The predicted molar refractivity (Wildman–Crippen MR) is 106 cm³/mol. The number of likely N-dealkylation sites (tertiary alicyclic amines) is 1. The third-order valence-corrected chi connectivity index (χ3v) is 4.24. The number of rotatable bonds is 2. The minimum absolute atomic E-state index is 0.154. The first kappa shape index (κ1) is 20.3. The zero-order valence-electron chi connectivity index (χ0n) is 16.4. The fourth-order valence-corrected chi connectivity index (χ4v) is 2.95. The van der Waals surface area contributed by atoms with Gasteiger partial charge < -0.3 is 9.64 Å². The lowest BCUT2D eigenvalue weighted by atomic mass is 10.0. The molecule has 0 spiro atoms. The van der Waals surface area contributed by atoms with E-state index in [2.05, 4.69) is 12.0 Å². The summed E-state index contributed by atoms with van der Waals surface area (Å²) in [6.45, 7) is 12.9. The highest BCUT2D eigenvalue weighted by atomic mass is 35.5. The van der Waals surface area contributed by atoms with Crippen molar-refractivity contribution >= 4 is 17.7 Å². The number of aryl methyl sites for hydroxylation is 1. The van der Waals surface area contributed by atoms with Gasteiger partial charge in [-0.2, -0.15) is 5.10 Å². The maximum absolute atomic E-state index is 12.1. The van der Waals surface area contributed by atoms with Gasteiger partial charge in [0.1, 0.15) is 5.60 Å². The second kappa shape index (κ2) is 8.12. The Hall–Kier alpha value is -2.01. The van der Waals surface area contributed by atoms with Crippen molar-refractivity contribution in [1.29, 1.82) is 0 Å². The van der Waals surface area contributed by atoms with Crippen LogP contribution in [0, 0.1) is 6.92 Å². The highest BCUT2D eigenvalue weighted by molar-refractivity contribution is 6.30. The molecule has 2 aromatic rings. The molecule has 0 aliphatic carbocycles. The molecule has 0 bridgehead atoms. The van der Waals surface area contributed by atoms with Crippen LogP contribution in [0.2, 0.25) is 5.02 Å². The molecule has 6 heteroatoms. The number of halogens is 1. The normalized spacial score (nSPS) is 14.3. The number of carbonyl (C=O) groups is 1. The molecule has 1 amide bonds. The van der Waals surface area contributed by atoms with Crippen LogP contribution in [0.25, 0.3) is 11.3 Å². The quantitative estimate of drug-likeness (QED) is 0.710. The molecule has 0 atom stereocenters. The van der Waals surface area contributed by atoms with Crippen molar-refractivity contribution in [1.82, 2.24) is 14.7 Å². The van der Waals surface area contributed by atoms with E-state index in [9.17, 15) is 4.79 Å². The molecule has 0 N–H and O–H groups in total. The summed E-state index contributed by atoms with van der Waals surface area (Å²) in [5, 5.41) is 5.15. The third kappa shape index (κ3) is 4.58. The van der Waals surface area contributed by atoms with Crippen molar-refractivity contribution in [3.05, 3.63) is 41.0 Å². The predicted octanol–water partition coefficient (Wildman–Crippen LogP) is 5.33. The maximum atomic E-state index is 12.1. The van der Waals surface area contributed by atoms with E-state index in [4.69, 9.17) is 16.3 Å². The van der Waals surface area contributed by atoms with Crippen LogP contribution >= 0.6 is 11.6 Å². The lowest BCUT2D eigenvalue weighted by molar-refractivity contribution is -0.000178. The Kier molecular flexibility index (Phi) is 6.34. The highest BCUT2D eigenvalue weighted by Gasteiger charge is 2.36. The molecule has 2 heterocycles. The van der Waals surface area contributed by atoms with Crippen LogP contribution in [-0.4, -0.2) is 39.5 Å². The van der Waals surface area contributed by atoms with Gasteiger partial charge in [0.25, 0.3) is 0 Å². The van der Waals surface area contributed by atoms with Crippen molar-refractivity contribution in [3.63, 3.8) is 0 Å². The molecule has 0 radical (unpaired) electrons. The monoisotopic (exact) mass is 377 g/mol. The molecule has 0 saturated carbocycles. The summed E-state index contributed by atoms with van der Waals surface area (Å²) in [6.07, 6.45) is 1.51. The van der Waals surface area contributed by atoms with E-state index in [-0.39, 0.29) is 12.1 Å². The van der Waals surface area contributed by atoms with Crippen molar-refractivity contribution < 1.29 is 9.53 Å². The van der Waals surface area contributed by atoms with E-state index in [1.165, 1.54) is 0 Å². The number of nitrogens with zero attached hydrogens (tertiary/aromatic N) is 3. The molecule has 5 nitrogen and oxygen atoms in total. The van der Waals surface area contributed by atoms with E-state index in [1.54, 1.807) is 11.1 Å². The van der Waals surface area contributed by atoms with E-state index in [0.29, 0.717) is 18.1 Å². The van der Waals surface area contributed by atoms with Gasteiger partial charge in [-0.25, -0.2) is 4.79 Å². The molecule has 1 aromatic heterocycles. The van der Waals surface area contributed by atoms with Gasteiger partial charge in [0.2, 0.25) is 0 Å². The standard InChI is InChI=1S/C18H22ClN3O2.C2H6/c1-12-5-6-13(19)9-15(12)16-7-8-20-22(16)14-10-21(11-14)17(23)24-18(2,3)4;1-2/h5-9,14H,10-11H2,1-4H3;1-2H3. The SMILES string of the molecule is CC.Cc1ccc(Cl)cc1-c1ccnn1C1CN(C(=O)OC(C)(C)C)C1. The first-order chi connectivity index (χ1) is 12.2. The first-order valence-electron chi connectivity index (χ1n) is 9.02. The van der Waals surface area contributed by atoms with Gasteiger partial charge in [0.05, 0.1) is 11.7 Å². The van der Waals surface area contributed by atoms with Crippen LogP contribution in [0.1, 0.15) is 46.2 Å². The maximum Gasteiger partial charge on any atom is 0.410 e. The molecule has 3 rings (SSSR count). The van der Waals surface area contributed by atoms with Crippen LogP contribution < -0.4 is 0 Å². The van der Waals surface area contributed by atoms with Gasteiger partial charge in [0.15, 0.2) is 0 Å². The van der Waals surface area contributed by atoms with Crippen LogP contribution in [0.4, 0.5) is 4.79 Å². The number of hydrogen-bond acceptors (Lipinski definition) is 3. The largest absolute Gasteiger partial charge is 0.444 e. The Labute approximate surface area is 160 Å². The average Bonchev–Trinajstić information content (AvgIpc) is 2.97. The topological polar surface area (TPSA) is 47.4 Å². The smallest absolute Gasteiger partial charge is 0.410 e. The molecule has 142 valence electrons. The van der Waals surface area contributed by atoms with Crippen molar-refractivity contribution in [2.45, 2.75) is 53.2 Å². The molecule has 0 unspecified atom stereocenters. The van der Waals surface area contributed by atoms with Crippen LogP contribution in [0.3, 0.4) is 0 Å². The van der Waals surface area contributed by atoms with Gasteiger partial charge in [0, 0.05) is 29.9 Å². The summed E-state index contributed by atoms with van der Waals surface area (Å²) in [5.41, 5.74) is 2.75. The van der Waals surface area contributed by atoms with Crippen molar-refractivity contribution in [2.24, 2.45) is 0 Å². The van der Waals surface area contributed by atoms with Crippen molar-refractivity contribution in [3.8, 4) is 11.3 Å². The van der Waals surface area contributed by atoms with Crippen molar-refractivity contribution in [2.75, 3.05) is 13.1 Å². The summed E-state index contributed by atoms with van der Waals surface area (Å²) in [4.78, 5) is 13.8. The van der Waals surface area contributed by atoms with Crippen LogP contribution in [0.5, 0.6) is 0 Å². The lowest BCUT2D eigenvalue weighted by Crippen LogP contribution is -2.52. The van der Waals surface area contributed by atoms with Gasteiger partial charge in [-0.1, -0.05) is 31.5 Å². The minimum Gasteiger partial charge on any atom is -0.444 e. The minimum atomic E-state index is -0.475. The molecule has 1 fully saturated rings. The fraction of sp³-hybridized carbons (Fsp3) is 0.500. The second-order valence-electron chi connectivity index (χ2n) is 7.16. The summed E-state index contributed by atoms with van der Waals surface area (Å²) >= 11 is 6.14. The number of aromatic nitrogens is 2. The Bertz CT molecular complexity index is 759. The molecule has 26 heavy (non-hydrogen) atoms. The van der Waals surface area contributed by atoms with E-state index < -0.39 is 5.60 Å². The summed E-state index contributed by atoms with van der Waals surface area (Å²) in [5.74, 6) is 0. The van der Waals surface area contributed by atoms with E-state index >= 15 is 0 Å². The number of carbonyl (C=O) groups excluding carboxylic acids is 1. The number of hydrogen-bond donors (Lipinski definition) is 0. The second-order valence-corrected chi connectivity index (χ2v) is 7.60. The summed E-state index contributed by atoms with van der Waals surface area (Å²) in [6, 6.07) is 7.97. The van der Waals surface area contributed by atoms with Gasteiger partial charge >= 0.3 is 6.09 Å². The van der Waals surface area contributed by atoms with Crippen LogP contribution in [0.15, 0.2) is 30.5 Å². The van der Waals surface area contributed by atoms with Gasteiger partial charge in [-0.05, 0) is 51.5 Å². The lowest BCUT2D eigenvalue weighted by Gasteiger charge is -2.40. The highest BCUT2D eigenvalue weighted by Crippen LogP contribution is 2.31. The Morgan fingerprint density at radius 3 is 2.50 bits per heavy atom. The average molecular weight is 378 g/mol. The van der Waals surface area contributed by atoms with Gasteiger partial charge in [-0.15, -0.1) is 0 Å². The number of ether oxygens (including phenoxy) is 1. The molecule has 1 aliphatic heterocycles. The third-order valence-electron chi connectivity index (χ3n) is 4.01. The van der Waals surface area contributed by atoms with Crippen LogP contribution in [-0.2, 0) is 4.74 Å². The van der Waals surface area contributed by atoms with E-state index in [1.807, 2.05) is 63.6 Å². The summed E-state index contributed by atoms with van der Waals surface area (Å²) < 4.78 is 7.37. The zero-order valence-corrected chi connectivity index (χ0v) is 17.2. The van der Waals surface area contributed by atoms with E-state index in [0.717, 1.165) is 16.8 Å².